The number of nitrogens with zero attached hydrogens (tertiary/aromatic N) is 2. The van der Waals surface area contributed by atoms with Crippen LogP contribution in [0, 0.1) is 5.95 Å². The maximum Gasteiger partial charge on any atom is 0.242 e. The molecular weight excluding hydrogens is 291 g/mol. The van der Waals surface area contributed by atoms with Gasteiger partial charge in [0.15, 0.2) is 18.1 Å². The molecule has 0 amide bonds. The number of rotatable bonds is 3. The maximum absolute atomic E-state index is 13.6. The third-order valence-electron chi connectivity index (χ3n) is 3.26. The summed E-state index contributed by atoms with van der Waals surface area (Å²) in [5.74, 6) is -1.76. The molecule has 1 N–H and O–H groups in total. The minimum absolute atomic E-state index is 0.0994. The molecule has 0 aliphatic carbocycles. The largest absolute Gasteiger partial charge is 0.387 e. The summed E-state index contributed by atoms with van der Waals surface area (Å²) < 4.78 is 24.4. The number of hydrogen-bond acceptors (Lipinski definition) is 6. The molecule has 3 rings (SSSR count). The van der Waals surface area contributed by atoms with Gasteiger partial charge in [0.1, 0.15) is 6.10 Å². The molecule has 1 saturated heterocycles. The lowest BCUT2D eigenvalue weighted by Gasteiger charge is -2.33. The summed E-state index contributed by atoms with van der Waals surface area (Å²) in [6, 6.07) is 8.97. The van der Waals surface area contributed by atoms with Crippen LogP contribution in [0.2, 0.25) is 0 Å². The molecule has 6 nitrogen and oxygen atoms in total. The lowest BCUT2D eigenvalue weighted by Crippen LogP contribution is -2.45. The molecule has 2 heterocycles. The average Bonchev–Trinajstić information content (AvgIpc) is 2.56. The smallest absolute Gasteiger partial charge is 0.242 e. The van der Waals surface area contributed by atoms with Crippen molar-refractivity contribution in [3.63, 3.8) is 0 Å². The highest BCUT2D eigenvalue weighted by Crippen LogP contribution is 2.27. The summed E-state index contributed by atoms with van der Waals surface area (Å²) in [5, 5.41) is 9.91. The highest BCUT2D eigenvalue weighted by Gasteiger charge is 2.38. The Balaban J connectivity index is 1.83. The summed E-state index contributed by atoms with van der Waals surface area (Å²) in [5.41, 5.74) is 0.243. The van der Waals surface area contributed by atoms with Crippen LogP contribution in [0.4, 0.5) is 4.39 Å². The molecule has 2 aromatic rings. The molecule has 3 atom stereocenters. The predicted octanol–water partition coefficient (Wildman–Crippen LogP) is 1.27. The normalized spacial score (nSPS) is 24.9. The Kier molecular flexibility index (Phi) is 4.19. The van der Waals surface area contributed by atoms with E-state index in [2.05, 4.69) is 9.97 Å². The van der Waals surface area contributed by atoms with E-state index in [4.69, 9.17) is 9.47 Å². The summed E-state index contributed by atoms with van der Waals surface area (Å²) in [4.78, 5) is 19.4. The van der Waals surface area contributed by atoms with Crippen molar-refractivity contribution >= 4 is 5.78 Å². The van der Waals surface area contributed by atoms with Gasteiger partial charge >= 0.3 is 0 Å². The fourth-order valence-electron chi connectivity index (χ4n) is 2.18. The van der Waals surface area contributed by atoms with E-state index in [1.54, 1.807) is 24.3 Å². The second kappa shape index (κ2) is 6.27. The second-order valence-electron chi connectivity index (χ2n) is 4.76. The van der Waals surface area contributed by atoms with E-state index in [9.17, 15) is 14.3 Å². The van der Waals surface area contributed by atoms with Crippen LogP contribution in [-0.2, 0) is 9.47 Å². The SMILES string of the molecule is O=C(c1nccnc1F)[C@H]1O[C@@H](c2ccccc2)OC[C@H]1O. The average molecular weight is 304 g/mol. The van der Waals surface area contributed by atoms with Crippen LogP contribution < -0.4 is 0 Å². The summed E-state index contributed by atoms with van der Waals surface area (Å²) in [6.45, 7) is -0.0994. The Hall–Kier alpha value is -2.22. The van der Waals surface area contributed by atoms with Gasteiger partial charge in [-0.1, -0.05) is 30.3 Å². The van der Waals surface area contributed by atoms with Crippen LogP contribution in [0.3, 0.4) is 0 Å². The molecule has 22 heavy (non-hydrogen) atoms. The molecule has 1 aliphatic heterocycles. The molecule has 0 unspecified atom stereocenters. The van der Waals surface area contributed by atoms with E-state index in [1.165, 1.54) is 6.20 Å². The zero-order valence-corrected chi connectivity index (χ0v) is 11.4. The molecule has 1 fully saturated rings. The Bertz CT molecular complexity index is 668. The van der Waals surface area contributed by atoms with Crippen LogP contribution in [0.25, 0.3) is 0 Å². The predicted molar refractivity (Wildman–Crippen MR) is 72.3 cm³/mol. The Labute approximate surface area is 125 Å². The van der Waals surface area contributed by atoms with Gasteiger partial charge in [-0.05, 0) is 0 Å². The summed E-state index contributed by atoms with van der Waals surface area (Å²) in [7, 11) is 0. The van der Waals surface area contributed by atoms with E-state index in [1.807, 2.05) is 6.07 Å². The zero-order chi connectivity index (χ0) is 15.5. The molecule has 1 aromatic carbocycles. The molecule has 7 heteroatoms. The fourth-order valence-corrected chi connectivity index (χ4v) is 2.18. The molecule has 114 valence electrons. The molecule has 1 aliphatic rings. The zero-order valence-electron chi connectivity index (χ0n) is 11.4. The topological polar surface area (TPSA) is 81.5 Å². The van der Waals surface area contributed by atoms with Gasteiger partial charge in [-0.2, -0.15) is 4.39 Å². The maximum atomic E-state index is 13.6. The Morgan fingerprint density at radius 3 is 2.68 bits per heavy atom. The first-order valence-electron chi connectivity index (χ1n) is 6.67. The number of benzene rings is 1. The lowest BCUT2D eigenvalue weighted by molar-refractivity contribution is -0.242. The number of halogens is 1. The first-order valence-corrected chi connectivity index (χ1v) is 6.67. The highest BCUT2D eigenvalue weighted by molar-refractivity contribution is 5.98. The van der Waals surface area contributed by atoms with E-state index in [0.29, 0.717) is 5.56 Å². The van der Waals surface area contributed by atoms with Crippen LogP contribution >= 0.6 is 0 Å². The molecule has 0 bridgehead atoms. The van der Waals surface area contributed by atoms with Crippen LogP contribution in [-0.4, -0.2) is 39.7 Å². The minimum Gasteiger partial charge on any atom is -0.387 e. The van der Waals surface area contributed by atoms with Crippen molar-refractivity contribution in [3.8, 4) is 0 Å². The third-order valence-corrected chi connectivity index (χ3v) is 3.26. The number of aliphatic hydroxyl groups excluding tert-OH is 1. The number of Topliss-reactive ketones (excluding diaryl/α,β-unsaturated/α-hetero) is 1. The van der Waals surface area contributed by atoms with E-state index in [0.717, 1.165) is 6.20 Å². The number of hydrogen-bond donors (Lipinski definition) is 1. The second-order valence-corrected chi connectivity index (χ2v) is 4.76. The number of aliphatic hydroxyl groups is 1. The number of carbonyl (C=O) groups excluding carboxylic acids is 1. The summed E-state index contributed by atoms with van der Waals surface area (Å²) >= 11 is 0. The highest BCUT2D eigenvalue weighted by atomic mass is 19.1. The van der Waals surface area contributed by atoms with Gasteiger partial charge in [0, 0.05) is 18.0 Å². The van der Waals surface area contributed by atoms with E-state index >= 15 is 0 Å². The van der Waals surface area contributed by atoms with Crippen LogP contribution in [0.5, 0.6) is 0 Å². The van der Waals surface area contributed by atoms with E-state index < -0.39 is 35.9 Å². The quantitative estimate of drug-likeness (QED) is 0.860. The molecule has 0 saturated carbocycles. The van der Waals surface area contributed by atoms with Crippen molar-refractivity contribution in [3.05, 3.63) is 59.9 Å². The van der Waals surface area contributed by atoms with Crippen LogP contribution in [0.15, 0.2) is 42.7 Å². The monoisotopic (exact) mass is 304 g/mol. The van der Waals surface area contributed by atoms with Gasteiger partial charge in [-0.15, -0.1) is 0 Å². The van der Waals surface area contributed by atoms with Crippen molar-refractivity contribution in [1.29, 1.82) is 0 Å². The molecule has 1 aromatic heterocycles. The number of ether oxygens (including phenoxy) is 2. The lowest BCUT2D eigenvalue weighted by atomic mass is 10.1. The standard InChI is InChI=1S/C15H13FN2O4/c16-14-11(17-6-7-18-14)12(20)13-10(19)8-21-15(22-13)9-4-2-1-3-5-9/h1-7,10,13,15,19H,8H2/t10-,13+,15+/m1/s1. The molecule has 0 spiro atoms. The third kappa shape index (κ3) is 2.87. The van der Waals surface area contributed by atoms with Gasteiger partial charge in [0.25, 0.3) is 0 Å². The fraction of sp³-hybridized carbons (Fsp3) is 0.267. The van der Waals surface area contributed by atoms with Gasteiger partial charge in [-0.25, -0.2) is 9.97 Å². The van der Waals surface area contributed by atoms with E-state index in [-0.39, 0.29) is 6.61 Å². The van der Waals surface area contributed by atoms with Gasteiger partial charge in [-0.3, -0.25) is 4.79 Å². The van der Waals surface area contributed by atoms with Crippen molar-refractivity contribution in [2.75, 3.05) is 6.61 Å². The first kappa shape index (κ1) is 14.7. The van der Waals surface area contributed by atoms with Crippen molar-refractivity contribution < 1.29 is 23.8 Å². The minimum atomic E-state index is -1.26. The van der Waals surface area contributed by atoms with Crippen molar-refractivity contribution in [2.24, 2.45) is 0 Å². The molecular formula is C15H13FN2O4. The molecule has 0 radical (unpaired) electrons. The number of aromatic nitrogens is 2. The van der Waals surface area contributed by atoms with Crippen molar-refractivity contribution in [1.82, 2.24) is 9.97 Å². The van der Waals surface area contributed by atoms with Crippen molar-refractivity contribution in [2.45, 2.75) is 18.5 Å². The van der Waals surface area contributed by atoms with Gasteiger partial charge in [0.05, 0.1) is 6.61 Å². The number of ketones is 1. The summed E-state index contributed by atoms with van der Waals surface area (Å²) in [6.07, 6.45) is -0.922. The van der Waals surface area contributed by atoms with Gasteiger partial charge < -0.3 is 14.6 Å². The van der Waals surface area contributed by atoms with Gasteiger partial charge in [0.2, 0.25) is 11.7 Å². The Morgan fingerprint density at radius 1 is 1.23 bits per heavy atom. The van der Waals surface area contributed by atoms with Crippen LogP contribution in [0.1, 0.15) is 22.3 Å². The first-order chi connectivity index (χ1) is 10.7. The number of carbonyl (C=O) groups is 1. The Morgan fingerprint density at radius 2 is 1.95 bits per heavy atom.